The molecule has 15 heavy (non-hydrogen) atoms. The highest BCUT2D eigenvalue weighted by Gasteiger charge is 2.13. The third-order valence-electron chi connectivity index (χ3n) is 1.78. The summed E-state index contributed by atoms with van der Waals surface area (Å²) < 4.78 is 31.6. The summed E-state index contributed by atoms with van der Waals surface area (Å²) in [5.74, 6) is -1.31. The molecule has 82 valence electrons. The van der Waals surface area contributed by atoms with Gasteiger partial charge in [0.2, 0.25) is 0 Å². The highest BCUT2D eigenvalue weighted by Crippen LogP contribution is 2.30. The van der Waals surface area contributed by atoms with Gasteiger partial charge in [-0.2, -0.15) is 0 Å². The van der Waals surface area contributed by atoms with E-state index in [9.17, 15) is 8.78 Å². The lowest BCUT2D eigenvalue weighted by Gasteiger charge is -2.14. The van der Waals surface area contributed by atoms with Crippen LogP contribution in [0.3, 0.4) is 0 Å². The van der Waals surface area contributed by atoms with Crippen molar-refractivity contribution in [2.75, 3.05) is 0 Å². The summed E-state index contributed by atoms with van der Waals surface area (Å²) in [6.07, 6.45) is 2.09. The van der Waals surface area contributed by atoms with Crippen LogP contribution in [0.15, 0.2) is 29.3 Å². The molecule has 0 aliphatic rings. The van der Waals surface area contributed by atoms with Crippen LogP contribution in [0.1, 0.15) is 13.3 Å². The first-order valence-electron chi connectivity index (χ1n) is 4.46. The van der Waals surface area contributed by atoms with Gasteiger partial charge in [-0.1, -0.05) is 6.08 Å². The zero-order valence-corrected chi connectivity index (χ0v) is 9.85. The summed E-state index contributed by atoms with van der Waals surface area (Å²) in [5, 5.41) is 0. The van der Waals surface area contributed by atoms with E-state index in [-0.39, 0.29) is 16.3 Å². The second-order valence-corrected chi connectivity index (χ2v) is 4.01. The first-order valence-corrected chi connectivity index (χ1v) is 5.26. The van der Waals surface area contributed by atoms with E-state index in [4.69, 9.17) is 4.74 Å². The molecule has 0 aromatic heterocycles. The average molecular weight is 277 g/mol. The summed E-state index contributed by atoms with van der Waals surface area (Å²) in [5.41, 5.74) is 0. The second kappa shape index (κ2) is 5.26. The van der Waals surface area contributed by atoms with Gasteiger partial charge < -0.3 is 4.74 Å². The largest absolute Gasteiger partial charge is 0.486 e. The molecule has 0 radical (unpaired) electrons. The molecule has 0 heterocycles. The molecular weight excluding hydrogens is 266 g/mol. The van der Waals surface area contributed by atoms with Crippen LogP contribution in [0.25, 0.3) is 0 Å². The number of benzene rings is 1. The first-order chi connectivity index (χ1) is 7.04. The van der Waals surface area contributed by atoms with E-state index >= 15 is 0 Å². The quantitative estimate of drug-likeness (QED) is 0.754. The highest BCUT2D eigenvalue weighted by molar-refractivity contribution is 9.10. The summed E-state index contributed by atoms with van der Waals surface area (Å²) in [6.45, 7) is 5.34. The number of hydrogen-bond donors (Lipinski definition) is 0. The van der Waals surface area contributed by atoms with E-state index in [1.165, 1.54) is 6.07 Å². The Kier molecular flexibility index (Phi) is 4.27. The van der Waals surface area contributed by atoms with Gasteiger partial charge in [0.05, 0.1) is 10.6 Å². The van der Waals surface area contributed by atoms with Crippen molar-refractivity contribution in [1.29, 1.82) is 0 Å². The Balaban J connectivity index is 2.89. The van der Waals surface area contributed by atoms with Crippen molar-refractivity contribution >= 4 is 15.9 Å². The predicted octanol–water partition coefficient (Wildman–Crippen LogP) is 4.07. The van der Waals surface area contributed by atoms with Crippen LogP contribution >= 0.6 is 15.9 Å². The maximum Gasteiger partial charge on any atom is 0.169 e. The van der Waals surface area contributed by atoms with Gasteiger partial charge in [0.25, 0.3) is 0 Å². The Bertz CT molecular complexity index is 343. The second-order valence-electron chi connectivity index (χ2n) is 3.15. The van der Waals surface area contributed by atoms with Crippen molar-refractivity contribution in [3.8, 4) is 5.75 Å². The molecular formula is C11H11BrF2O. The van der Waals surface area contributed by atoms with Crippen LogP contribution in [-0.4, -0.2) is 6.10 Å². The average Bonchev–Trinajstić information content (AvgIpc) is 2.11. The molecule has 1 rings (SSSR count). The Labute approximate surface area is 95.9 Å². The van der Waals surface area contributed by atoms with Crippen molar-refractivity contribution in [2.24, 2.45) is 0 Å². The maximum atomic E-state index is 13.3. The minimum Gasteiger partial charge on any atom is -0.486 e. The molecule has 0 N–H and O–H groups in total. The predicted molar refractivity (Wildman–Crippen MR) is 59.0 cm³/mol. The van der Waals surface area contributed by atoms with Gasteiger partial charge in [0.15, 0.2) is 11.6 Å². The van der Waals surface area contributed by atoms with E-state index in [2.05, 4.69) is 22.5 Å². The number of ether oxygens (including phenoxy) is 1. The van der Waals surface area contributed by atoms with E-state index in [1.54, 1.807) is 13.0 Å². The molecule has 1 aromatic carbocycles. The van der Waals surface area contributed by atoms with Crippen molar-refractivity contribution in [3.63, 3.8) is 0 Å². The first kappa shape index (κ1) is 12.2. The molecule has 0 saturated heterocycles. The molecule has 1 unspecified atom stereocenters. The van der Waals surface area contributed by atoms with E-state index in [0.717, 1.165) is 6.07 Å². The monoisotopic (exact) mass is 276 g/mol. The highest BCUT2D eigenvalue weighted by atomic mass is 79.9. The van der Waals surface area contributed by atoms with E-state index in [1.807, 2.05) is 0 Å². The summed E-state index contributed by atoms with van der Waals surface area (Å²) in [6, 6.07) is 1.96. The smallest absolute Gasteiger partial charge is 0.169 e. The molecule has 1 aromatic rings. The van der Waals surface area contributed by atoms with Crippen LogP contribution in [-0.2, 0) is 0 Å². The van der Waals surface area contributed by atoms with Gasteiger partial charge >= 0.3 is 0 Å². The van der Waals surface area contributed by atoms with Gasteiger partial charge in [-0.3, -0.25) is 0 Å². The molecule has 0 saturated carbocycles. The molecule has 0 bridgehead atoms. The summed E-state index contributed by atoms with van der Waals surface area (Å²) in [4.78, 5) is 0. The normalized spacial score (nSPS) is 12.3. The molecule has 1 atom stereocenters. The number of halogens is 3. The van der Waals surface area contributed by atoms with Crippen LogP contribution < -0.4 is 4.74 Å². The zero-order valence-electron chi connectivity index (χ0n) is 8.27. The fourth-order valence-corrected chi connectivity index (χ4v) is 1.63. The summed E-state index contributed by atoms with van der Waals surface area (Å²) in [7, 11) is 0. The van der Waals surface area contributed by atoms with Crippen molar-refractivity contribution in [2.45, 2.75) is 19.4 Å². The molecule has 1 nitrogen and oxygen atoms in total. The standard InChI is InChI=1S/C11H11BrF2O/c1-3-4-7(2)15-11-9(12)5-8(13)6-10(11)14/h3,5-7H,1,4H2,2H3. The Morgan fingerprint density at radius 1 is 1.53 bits per heavy atom. The number of rotatable bonds is 4. The van der Waals surface area contributed by atoms with Crippen LogP contribution in [0.4, 0.5) is 8.78 Å². The van der Waals surface area contributed by atoms with E-state index < -0.39 is 11.6 Å². The third-order valence-corrected chi connectivity index (χ3v) is 2.37. The topological polar surface area (TPSA) is 9.23 Å². The van der Waals surface area contributed by atoms with Crippen molar-refractivity contribution < 1.29 is 13.5 Å². The molecule has 0 fully saturated rings. The fraction of sp³-hybridized carbons (Fsp3) is 0.273. The Hall–Kier alpha value is -0.900. The molecule has 0 spiro atoms. The lowest BCUT2D eigenvalue weighted by atomic mass is 10.2. The van der Waals surface area contributed by atoms with Gasteiger partial charge in [-0.25, -0.2) is 8.78 Å². The Morgan fingerprint density at radius 3 is 2.73 bits per heavy atom. The van der Waals surface area contributed by atoms with Gasteiger partial charge in [0, 0.05) is 12.5 Å². The van der Waals surface area contributed by atoms with Crippen LogP contribution in [0.5, 0.6) is 5.75 Å². The maximum absolute atomic E-state index is 13.3. The fourth-order valence-electron chi connectivity index (χ4n) is 1.13. The molecule has 0 amide bonds. The van der Waals surface area contributed by atoms with Gasteiger partial charge in [0.1, 0.15) is 5.82 Å². The third kappa shape index (κ3) is 3.30. The van der Waals surface area contributed by atoms with Crippen LogP contribution in [0.2, 0.25) is 0 Å². The zero-order chi connectivity index (χ0) is 11.4. The van der Waals surface area contributed by atoms with Crippen molar-refractivity contribution in [1.82, 2.24) is 0 Å². The van der Waals surface area contributed by atoms with Gasteiger partial charge in [-0.05, 0) is 28.9 Å². The lowest BCUT2D eigenvalue weighted by molar-refractivity contribution is 0.213. The lowest BCUT2D eigenvalue weighted by Crippen LogP contribution is -2.11. The van der Waals surface area contributed by atoms with Crippen molar-refractivity contribution in [3.05, 3.63) is 40.9 Å². The minimum absolute atomic E-state index is 0.0331. The molecule has 4 heteroatoms. The van der Waals surface area contributed by atoms with Crippen LogP contribution in [0, 0.1) is 11.6 Å². The minimum atomic E-state index is -0.710. The Morgan fingerprint density at radius 2 is 2.20 bits per heavy atom. The summed E-state index contributed by atoms with van der Waals surface area (Å²) >= 11 is 3.05. The molecule has 0 aliphatic carbocycles. The number of hydrogen-bond acceptors (Lipinski definition) is 1. The SMILES string of the molecule is C=CCC(C)Oc1c(F)cc(F)cc1Br. The van der Waals surface area contributed by atoms with E-state index in [0.29, 0.717) is 6.42 Å². The molecule has 0 aliphatic heterocycles. The van der Waals surface area contributed by atoms with Gasteiger partial charge in [-0.15, -0.1) is 6.58 Å².